The van der Waals surface area contributed by atoms with Gasteiger partial charge < -0.3 is 4.42 Å². The summed E-state index contributed by atoms with van der Waals surface area (Å²) < 4.78 is 32.6. The summed E-state index contributed by atoms with van der Waals surface area (Å²) in [5.41, 5.74) is 6.10. The van der Waals surface area contributed by atoms with E-state index in [0.717, 1.165) is 22.2 Å². The second kappa shape index (κ2) is 8.89. The van der Waals surface area contributed by atoms with Crippen LogP contribution in [0.5, 0.6) is 0 Å². The summed E-state index contributed by atoms with van der Waals surface area (Å²) in [5, 5.41) is 5.94. The first kappa shape index (κ1) is 21.0. The molecule has 0 amide bonds. The minimum Gasteiger partial charge on any atom is -0.468 e. The molecule has 0 atom stereocenters. The van der Waals surface area contributed by atoms with Crippen molar-refractivity contribution in [2.75, 3.05) is 5.43 Å². The Bertz CT molecular complexity index is 1340. The largest absolute Gasteiger partial charge is 0.468 e. The molecule has 2 aromatic carbocycles. The Hall–Kier alpha value is -3.20. The molecule has 0 spiro atoms. The van der Waals surface area contributed by atoms with Crippen LogP contribution < -0.4 is 10.1 Å². The number of furan rings is 1. The minimum absolute atomic E-state index is 0.0899. The Morgan fingerprint density at radius 1 is 1.13 bits per heavy atom. The zero-order valence-electron chi connectivity index (χ0n) is 16.5. The van der Waals surface area contributed by atoms with Gasteiger partial charge in [0.15, 0.2) is 0 Å². The number of pyridine rings is 1. The van der Waals surface area contributed by atoms with Gasteiger partial charge >= 0.3 is 0 Å². The molecule has 0 bridgehead atoms. The molecule has 158 valence electrons. The molecule has 2 aromatic heterocycles. The first-order chi connectivity index (χ1) is 14.9. The molecular weight excluding hydrogens is 436 g/mol. The molecule has 31 heavy (non-hydrogen) atoms. The monoisotopic (exact) mass is 454 g/mol. The van der Waals surface area contributed by atoms with E-state index in [2.05, 4.69) is 20.2 Å². The number of nitrogens with zero attached hydrogens (tertiary/aromatic N) is 2. The number of aromatic nitrogens is 1. The molecule has 0 saturated heterocycles. The number of halogens is 1. The van der Waals surface area contributed by atoms with Gasteiger partial charge in [0.05, 0.1) is 34.6 Å². The second-order valence-corrected chi connectivity index (χ2v) is 8.96. The molecule has 0 radical (unpaired) electrons. The number of sulfonamides is 1. The van der Waals surface area contributed by atoms with Gasteiger partial charge in [0, 0.05) is 16.6 Å². The molecule has 4 rings (SSSR count). The van der Waals surface area contributed by atoms with E-state index in [-0.39, 0.29) is 11.4 Å². The van der Waals surface area contributed by atoms with Crippen LogP contribution in [-0.4, -0.2) is 19.1 Å². The quantitative estimate of drug-likeness (QED) is 0.309. The van der Waals surface area contributed by atoms with Crippen molar-refractivity contribution >= 4 is 43.9 Å². The number of hydrogen-bond donors (Lipinski definition) is 2. The maximum Gasteiger partial charge on any atom is 0.240 e. The Morgan fingerprint density at radius 3 is 2.68 bits per heavy atom. The first-order valence-electron chi connectivity index (χ1n) is 9.39. The Labute approximate surface area is 184 Å². The fraction of sp³-hybridized carbons (Fsp3) is 0.0909. The molecular formula is C22H19ClN4O3S. The van der Waals surface area contributed by atoms with Crippen LogP contribution in [0.15, 0.2) is 87.5 Å². The van der Waals surface area contributed by atoms with Gasteiger partial charge in [-0.25, -0.2) is 13.1 Å². The molecule has 0 saturated carbocycles. The molecule has 0 unspecified atom stereocenters. The third-order valence-corrected chi connectivity index (χ3v) is 6.30. The Balaban J connectivity index is 1.48. The van der Waals surface area contributed by atoms with Gasteiger partial charge in [-0.3, -0.25) is 10.4 Å². The number of benzene rings is 2. The van der Waals surface area contributed by atoms with Crippen LogP contribution >= 0.6 is 11.6 Å². The van der Waals surface area contributed by atoms with E-state index >= 15 is 0 Å². The maximum atomic E-state index is 12.5. The van der Waals surface area contributed by atoms with Crippen LogP contribution in [0.4, 0.5) is 5.69 Å². The summed E-state index contributed by atoms with van der Waals surface area (Å²) in [7, 11) is -3.65. The van der Waals surface area contributed by atoms with Crippen molar-refractivity contribution in [3.8, 4) is 0 Å². The smallest absolute Gasteiger partial charge is 0.240 e. The van der Waals surface area contributed by atoms with E-state index in [1.165, 1.54) is 6.26 Å². The molecule has 0 aliphatic carbocycles. The maximum absolute atomic E-state index is 12.5. The predicted molar refractivity (Wildman–Crippen MR) is 122 cm³/mol. The molecule has 0 aliphatic rings. The Kier molecular flexibility index (Phi) is 6.03. The summed E-state index contributed by atoms with van der Waals surface area (Å²) in [6.07, 6.45) is 3.18. The third-order valence-electron chi connectivity index (χ3n) is 4.65. The molecule has 2 heterocycles. The standard InChI is InChI=1S/C22H19ClN4O3S/c1-15(26-27-21-10-11-24-22-13-17(23)6-9-20(21)22)16-4-7-19(8-5-16)31(28,29)25-14-18-3-2-12-30-18/h2-13,25H,14H2,1H3,(H,24,27)/b26-15+. The fourth-order valence-electron chi connectivity index (χ4n) is 2.97. The highest BCUT2D eigenvalue weighted by atomic mass is 35.5. The summed E-state index contributed by atoms with van der Waals surface area (Å²) >= 11 is 6.03. The highest BCUT2D eigenvalue weighted by Crippen LogP contribution is 2.24. The van der Waals surface area contributed by atoms with Crippen LogP contribution in [-0.2, 0) is 16.6 Å². The molecule has 0 aliphatic heterocycles. The zero-order chi connectivity index (χ0) is 21.8. The third kappa shape index (κ3) is 4.93. The summed E-state index contributed by atoms with van der Waals surface area (Å²) in [6, 6.07) is 17.2. The summed E-state index contributed by atoms with van der Waals surface area (Å²) in [4.78, 5) is 4.48. The van der Waals surface area contributed by atoms with Gasteiger partial charge in [-0.1, -0.05) is 23.7 Å². The molecule has 4 aromatic rings. The fourth-order valence-corrected chi connectivity index (χ4v) is 4.12. The van der Waals surface area contributed by atoms with E-state index in [1.807, 2.05) is 19.1 Å². The van der Waals surface area contributed by atoms with E-state index in [1.54, 1.807) is 54.7 Å². The van der Waals surface area contributed by atoms with Crippen LogP contribution in [0.25, 0.3) is 10.9 Å². The lowest BCUT2D eigenvalue weighted by Gasteiger charge is -2.08. The highest BCUT2D eigenvalue weighted by molar-refractivity contribution is 7.89. The van der Waals surface area contributed by atoms with Gasteiger partial charge in [-0.05, 0) is 61.0 Å². The van der Waals surface area contributed by atoms with Crippen molar-refractivity contribution in [1.29, 1.82) is 0 Å². The summed E-state index contributed by atoms with van der Waals surface area (Å²) in [6.45, 7) is 1.93. The number of hydrogen-bond acceptors (Lipinski definition) is 6. The number of rotatable bonds is 7. The zero-order valence-corrected chi connectivity index (χ0v) is 18.1. The normalized spacial score (nSPS) is 12.3. The lowest BCUT2D eigenvalue weighted by molar-refractivity contribution is 0.498. The van der Waals surface area contributed by atoms with Gasteiger partial charge in [-0.15, -0.1) is 0 Å². The number of hydrazone groups is 1. The van der Waals surface area contributed by atoms with Crippen LogP contribution in [0.1, 0.15) is 18.2 Å². The summed E-state index contributed by atoms with van der Waals surface area (Å²) in [5.74, 6) is 0.542. The average molecular weight is 455 g/mol. The van der Waals surface area contributed by atoms with Crippen molar-refractivity contribution in [3.63, 3.8) is 0 Å². The van der Waals surface area contributed by atoms with Gasteiger partial charge in [0.1, 0.15) is 5.76 Å². The van der Waals surface area contributed by atoms with Crippen molar-refractivity contribution in [2.45, 2.75) is 18.4 Å². The van der Waals surface area contributed by atoms with Crippen molar-refractivity contribution in [2.24, 2.45) is 5.10 Å². The number of fused-ring (bicyclic) bond motifs is 1. The van der Waals surface area contributed by atoms with Crippen LogP contribution in [0.2, 0.25) is 5.02 Å². The highest BCUT2D eigenvalue weighted by Gasteiger charge is 2.14. The number of nitrogens with one attached hydrogen (secondary N) is 2. The van der Waals surface area contributed by atoms with Crippen molar-refractivity contribution in [3.05, 3.63) is 89.5 Å². The van der Waals surface area contributed by atoms with Gasteiger partial charge in [0.25, 0.3) is 0 Å². The number of anilines is 1. The lowest BCUT2D eigenvalue weighted by atomic mass is 10.1. The molecule has 0 fully saturated rings. The Morgan fingerprint density at radius 2 is 1.94 bits per heavy atom. The van der Waals surface area contributed by atoms with Crippen molar-refractivity contribution < 1.29 is 12.8 Å². The van der Waals surface area contributed by atoms with E-state index in [0.29, 0.717) is 16.5 Å². The van der Waals surface area contributed by atoms with E-state index < -0.39 is 10.0 Å². The molecule has 7 nitrogen and oxygen atoms in total. The van der Waals surface area contributed by atoms with Crippen molar-refractivity contribution in [1.82, 2.24) is 9.71 Å². The minimum atomic E-state index is -3.65. The molecule has 9 heteroatoms. The van der Waals surface area contributed by atoms with E-state index in [9.17, 15) is 8.42 Å². The average Bonchev–Trinajstić information content (AvgIpc) is 3.30. The predicted octanol–water partition coefficient (Wildman–Crippen LogP) is 4.80. The second-order valence-electron chi connectivity index (χ2n) is 6.76. The van der Waals surface area contributed by atoms with Gasteiger partial charge in [0.2, 0.25) is 10.0 Å². The lowest BCUT2D eigenvalue weighted by Crippen LogP contribution is -2.23. The first-order valence-corrected chi connectivity index (χ1v) is 11.3. The van der Waals surface area contributed by atoms with Crippen LogP contribution in [0, 0.1) is 0 Å². The molecule has 2 N–H and O–H groups in total. The van der Waals surface area contributed by atoms with E-state index in [4.69, 9.17) is 16.0 Å². The van der Waals surface area contributed by atoms with Gasteiger partial charge in [-0.2, -0.15) is 5.10 Å². The van der Waals surface area contributed by atoms with Crippen LogP contribution in [0.3, 0.4) is 0 Å². The topological polar surface area (TPSA) is 96.6 Å². The SMILES string of the molecule is C/C(=N\Nc1ccnc2cc(Cl)ccc12)c1ccc(S(=O)(=O)NCc2ccco2)cc1.